The van der Waals surface area contributed by atoms with E-state index in [1.54, 1.807) is 12.1 Å². The summed E-state index contributed by atoms with van der Waals surface area (Å²) < 4.78 is 34.5. The lowest BCUT2D eigenvalue weighted by Gasteiger charge is -2.27. The first-order valence-electron chi connectivity index (χ1n) is 8.81. The summed E-state index contributed by atoms with van der Waals surface area (Å²) in [5.74, 6) is 0.757. The lowest BCUT2D eigenvalue weighted by molar-refractivity contribution is -0.0498. The summed E-state index contributed by atoms with van der Waals surface area (Å²) in [6.07, 6.45) is 1.57. The Morgan fingerprint density at radius 1 is 1.42 bits per heavy atom. The first-order chi connectivity index (χ1) is 12.6. The van der Waals surface area contributed by atoms with Gasteiger partial charge in [-0.15, -0.1) is 0 Å². The maximum absolute atomic E-state index is 12.3. The zero-order valence-electron chi connectivity index (χ0n) is 15.0. The number of aliphatic hydroxyl groups excluding tert-OH is 1. The van der Waals surface area contributed by atoms with Crippen LogP contribution >= 0.6 is 0 Å². The normalized spacial score (nSPS) is 20.4. The van der Waals surface area contributed by atoms with Crippen molar-refractivity contribution >= 4 is 5.96 Å². The van der Waals surface area contributed by atoms with E-state index in [1.165, 1.54) is 6.07 Å². The van der Waals surface area contributed by atoms with E-state index in [-0.39, 0.29) is 17.8 Å². The molecule has 0 amide bonds. The minimum atomic E-state index is -2.84. The van der Waals surface area contributed by atoms with E-state index >= 15 is 0 Å². The Kier molecular flexibility index (Phi) is 8.06. The molecule has 1 saturated heterocycles. The molecule has 1 aliphatic rings. The van der Waals surface area contributed by atoms with Crippen LogP contribution in [0, 0.1) is 5.41 Å². The van der Waals surface area contributed by atoms with Gasteiger partial charge in [0, 0.05) is 31.7 Å². The minimum Gasteiger partial charge on any atom is -0.435 e. The molecule has 0 bridgehead atoms. The molecule has 0 saturated carbocycles. The van der Waals surface area contributed by atoms with Crippen LogP contribution in [0.1, 0.15) is 25.3 Å². The van der Waals surface area contributed by atoms with Gasteiger partial charge in [0.1, 0.15) is 5.75 Å². The molecule has 3 N–H and O–H groups in total. The number of aliphatic imine (C=N–C) groups is 1. The van der Waals surface area contributed by atoms with Gasteiger partial charge in [-0.1, -0.05) is 12.1 Å². The SMILES string of the molecule is CCNC(=NCc1cccc(OC(F)F)c1)NCC1(CCO)CCOC1. The number of alkyl halides is 2. The molecule has 1 aromatic carbocycles. The number of ether oxygens (including phenoxy) is 2. The predicted octanol–water partition coefficient (Wildman–Crippen LogP) is 2.13. The zero-order valence-corrected chi connectivity index (χ0v) is 15.0. The Morgan fingerprint density at radius 3 is 2.92 bits per heavy atom. The molecule has 0 spiro atoms. The molecule has 0 aliphatic carbocycles. The van der Waals surface area contributed by atoms with Gasteiger partial charge in [-0.2, -0.15) is 8.78 Å². The highest BCUT2D eigenvalue weighted by atomic mass is 19.3. The maximum atomic E-state index is 12.3. The highest BCUT2D eigenvalue weighted by Crippen LogP contribution is 2.31. The number of rotatable bonds is 9. The Bertz CT molecular complexity index is 579. The molecule has 1 fully saturated rings. The molecule has 26 heavy (non-hydrogen) atoms. The molecule has 6 nitrogen and oxygen atoms in total. The summed E-state index contributed by atoms with van der Waals surface area (Å²) in [6, 6.07) is 6.51. The highest BCUT2D eigenvalue weighted by Gasteiger charge is 2.34. The summed E-state index contributed by atoms with van der Waals surface area (Å²) >= 11 is 0. The molecule has 0 aromatic heterocycles. The Morgan fingerprint density at radius 2 is 2.27 bits per heavy atom. The fourth-order valence-electron chi connectivity index (χ4n) is 2.92. The first-order valence-corrected chi connectivity index (χ1v) is 8.81. The molecule has 1 heterocycles. The average molecular weight is 371 g/mol. The Hall–Kier alpha value is -1.93. The summed E-state index contributed by atoms with van der Waals surface area (Å²) in [4.78, 5) is 4.50. The van der Waals surface area contributed by atoms with Crippen molar-refractivity contribution < 1.29 is 23.4 Å². The molecule has 8 heteroatoms. The number of halogens is 2. The topological polar surface area (TPSA) is 75.1 Å². The van der Waals surface area contributed by atoms with E-state index in [2.05, 4.69) is 20.4 Å². The van der Waals surface area contributed by atoms with E-state index in [0.717, 1.165) is 12.0 Å². The molecular weight excluding hydrogens is 344 g/mol. The molecule has 0 radical (unpaired) electrons. The number of nitrogens with one attached hydrogen (secondary N) is 2. The second-order valence-electron chi connectivity index (χ2n) is 6.35. The van der Waals surface area contributed by atoms with E-state index in [0.29, 0.717) is 45.2 Å². The highest BCUT2D eigenvalue weighted by molar-refractivity contribution is 5.79. The molecule has 1 aliphatic heterocycles. The van der Waals surface area contributed by atoms with Crippen molar-refractivity contribution in [1.29, 1.82) is 0 Å². The van der Waals surface area contributed by atoms with Crippen LogP contribution in [0.5, 0.6) is 5.75 Å². The summed E-state index contributed by atoms with van der Waals surface area (Å²) in [5.41, 5.74) is 0.685. The van der Waals surface area contributed by atoms with Crippen LogP contribution in [0.15, 0.2) is 29.3 Å². The third-order valence-corrected chi connectivity index (χ3v) is 4.35. The second kappa shape index (κ2) is 10.3. The zero-order chi connectivity index (χ0) is 18.8. The Balaban J connectivity index is 1.97. The van der Waals surface area contributed by atoms with Crippen molar-refractivity contribution in [3.63, 3.8) is 0 Å². The minimum absolute atomic E-state index is 0.0873. The van der Waals surface area contributed by atoms with Crippen LogP contribution in [0.25, 0.3) is 0 Å². The second-order valence-corrected chi connectivity index (χ2v) is 6.35. The van der Waals surface area contributed by atoms with Crippen LogP contribution in [0.2, 0.25) is 0 Å². The molecular formula is C18H27F2N3O3. The van der Waals surface area contributed by atoms with E-state index in [9.17, 15) is 13.9 Å². The van der Waals surface area contributed by atoms with Crippen LogP contribution in [0.3, 0.4) is 0 Å². The monoisotopic (exact) mass is 371 g/mol. The van der Waals surface area contributed by atoms with Crippen molar-refractivity contribution in [2.24, 2.45) is 10.4 Å². The lowest BCUT2D eigenvalue weighted by Crippen LogP contribution is -2.44. The van der Waals surface area contributed by atoms with Gasteiger partial charge in [0.15, 0.2) is 5.96 Å². The number of guanidine groups is 1. The van der Waals surface area contributed by atoms with Gasteiger partial charge in [0.2, 0.25) is 0 Å². The van der Waals surface area contributed by atoms with Crippen LogP contribution in [-0.4, -0.2) is 50.6 Å². The fraction of sp³-hybridized carbons (Fsp3) is 0.611. The van der Waals surface area contributed by atoms with Crippen molar-refractivity contribution in [2.45, 2.75) is 32.9 Å². The average Bonchev–Trinajstić information content (AvgIpc) is 3.06. The van der Waals surface area contributed by atoms with Gasteiger partial charge in [-0.25, -0.2) is 4.99 Å². The number of aliphatic hydroxyl groups is 1. The molecule has 1 atom stereocenters. The summed E-state index contributed by atoms with van der Waals surface area (Å²) in [5, 5.41) is 15.8. The molecule has 1 aromatic rings. The van der Waals surface area contributed by atoms with Crippen LogP contribution in [-0.2, 0) is 11.3 Å². The third kappa shape index (κ3) is 6.42. The molecule has 146 valence electrons. The number of hydrogen-bond acceptors (Lipinski definition) is 4. The Labute approximate surface area is 152 Å². The fourth-order valence-corrected chi connectivity index (χ4v) is 2.92. The summed E-state index contributed by atoms with van der Waals surface area (Å²) in [7, 11) is 0. The number of benzene rings is 1. The maximum Gasteiger partial charge on any atom is 0.387 e. The van der Waals surface area contributed by atoms with Gasteiger partial charge in [-0.05, 0) is 37.5 Å². The van der Waals surface area contributed by atoms with Crippen molar-refractivity contribution in [1.82, 2.24) is 10.6 Å². The van der Waals surface area contributed by atoms with Crippen molar-refractivity contribution in [3.05, 3.63) is 29.8 Å². The van der Waals surface area contributed by atoms with Crippen molar-refractivity contribution in [2.75, 3.05) is 32.9 Å². The number of hydrogen-bond donors (Lipinski definition) is 3. The van der Waals surface area contributed by atoms with E-state index < -0.39 is 6.61 Å². The number of nitrogens with zero attached hydrogens (tertiary/aromatic N) is 1. The third-order valence-electron chi connectivity index (χ3n) is 4.35. The van der Waals surface area contributed by atoms with Crippen molar-refractivity contribution in [3.8, 4) is 5.75 Å². The lowest BCUT2D eigenvalue weighted by atomic mass is 9.84. The standard InChI is InChI=1S/C18H27F2N3O3/c1-2-21-17(23-12-18(6-8-24)7-9-25-13-18)22-11-14-4-3-5-15(10-14)26-16(19)20/h3-5,10,16,24H,2,6-9,11-13H2,1H3,(H2,21,22,23). The summed E-state index contributed by atoms with van der Waals surface area (Å²) in [6.45, 7) is 2.24. The van der Waals surface area contributed by atoms with Gasteiger partial charge in [0.25, 0.3) is 0 Å². The van der Waals surface area contributed by atoms with Gasteiger partial charge in [0.05, 0.1) is 13.2 Å². The van der Waals surface area contributed by atoms with E-state index in [4.69, 9.17) is 4.74 Å². The van der Waals surface area contributed by atoms with Gasteiger partial charge < -0.3 is 25.2 Å². The van der Waals surface area contributed by atoms with Gasteiger partial charge >= 0.3 is 6.61 Å². The predicted molar refractivity (Wildman–Crippen MR) is 95.5 cm³/mol. The van der Waals surface area contributed by atoms with Crippen LogP contribution < -0.4 is 15.4 Å². The van der Waals surface area contributed by atoms with E-state index in [1.807, 2.05) is 13.0 Å². The van der Waals surface area contributed by atoms with Gasteiger partial charge in [-0.3, -0.25) is 0 Å². The molecule has 2 rings (SSSR count). The molecule has 1 unspecified atom stereocenters. The quantitative estimate of drug-likeness (QED) is 0.458. The smallest absolute Gasteiger partial charge is 0.387 e. The van der Waals surface area contributed by atoms with Crippen LogP contribution in [0.4, 0.5) is 8.78 Å². The first kappa shape index (κ1) is 20.4. The largest absolute Gasteiger partial charge is 0.435 e.